The first-order valence-corrected chi connectivity index (χ1v) is 6.29. The van der Waals surface area contributed by atoms with E-state index in [0.29, 0.717) is 6.07 Å². The summed E-state index contributed by atoms with van der Waals surface area (Å²) in [5, 5.41) is 0. The monoisotopic (exact) mass is 258 g/mol. The Morgan fingerprint density at radius 1 is 1.27 bits per heavy atom. The van der Waals surface area contributed by atoms with Gasteiger partial charge in [0.15, 0.2) is 11.6 Å². The number of halogens is 4. The van der Waals surface area contributed by atoms with Gasteiger partial charge in [0.25, 0.3) is 0 Å². The lowest BCUT2D eigenvalue weighted by Gasteiger charge is -2.06. The minimum absolute atomic E-state index is 0.266. The van der Waals surface area contributed by atoms with Gasteiger partial charge in [0, 0.05) is 10.7 Å². The standard InChI is InChI=1S/C8H6ClF3O2S/c9-15(13,14)4-8(12)5-1-2-6(10)7(11)3-5/h1-3,8H,4H2. The third-order valence-electron chi connectivity index (χ3n) is 1.65. The highest BCUT2D eigenvalue weighted by atomic mass is 35.7. The Bertz CT molecular complexity index is 461. The molecule has 84 valence electrons. The zero-order chi connectivity index (χ0) is 11.6. The van der Waals surface area contributed by atoms with E-state index in [1.54, 1.807) is 0 Å². The van der Waals surface area contributed by atoms with Crippen LogP contribution in [0, 0.1) is 11.6 Å². The molecule has 0 aliphatic carbocycles. The number of rotatable bonds is 3. The fraction of sp³-hybridized carbons (Fsp3) is 0.250. The van der Waals surface area contributed by atoms with Crippen molar-refractivity contribution in [3.05, 3.63) is 35.4 Å². The molecule has 0 heterocycles. The number of benzene rings is 1. The second kappa shape index (κ2) is 4.40. The fourth-order valence-electron chi connectivity index (χ4n) is 0.978. The quantitative estimate of drug-likeness (QED) is 0.781. The Morgan fingerprint density at radius 2 is 1.87 bits per heavy atom. The molecule has 7 heteroatoms. The van der Waals surface area contributed by atoms with Crippen LogP contribution < -0.4 is 0 Å². The maximum atomic E-state index is 13.2. The Hall–Kier alpha value is -0.750. The van der Waals surface area contributed by atoms with Crippen molar-refractivity contribution in [1.29, 1.82) is 0 Å². The van der Waals surface area contributed by atoms with Crippen LogP contribution in [0.2, 0.25) is 0 Å². The largest absolute Gasteiger partial charge is 0.241 e. The van der Waals surface area contributed by atoms with Crippen molar-refractivity contribution in [2.45, 2.75) is 6.17 Å². The SMILES string of the molecule is O=S(=O)(Cl)CC(F)c1ccc(F)c(F)c1. The van der Waals surface area contributed by atoms with Gasteiger partial charge in [-0.1, -0.05) is 6.07 Å². The minimum atomic E-state index is -4.01. The van der Waals surface area contributed by atoms with Crippen LogP contribution >= 0.6 is 10.7 Å². The average Bonchev–Trinajstić information content (AvgIpc) is 2.06. The molecule has 1 aromatic rings. The molecule has 0 amide bonds. The predicted molar refractivity (Wildman–Crippen MR) is 49.8 cm³/mol. The van der Waals surface area contributed by atoms with Gasteiger partial charge >= 0.3 is 0 Å². The molecule has 1 rings (SSSR count). The molecule has 0 spiro atoms. The van der Waals surface area contributed by atoms with Gasteiger partial charge in [-0.3, -0.25) is 0 Å². The van der Waals surface area contributed by atoms with E-state index in [2.05, 4.69) is 0 Å². The highest BCUT2D eigenvalue weighted by Gasteiger charge is 2.19. The van der Waals surface area contributed by atoms with Crippen LogP contribution in [-0.4, -0.2) is 14.2 Å². The fourth-order valence-corrected chi connectivity index (χ4v) is 1.85. The average molecular weight is 259 g/mol. The molecule has 1 atom stereocenters. The van der Waals surface area contributed by atoms with Crippen LogP contribution in [-0.2, 0) is 9.05 Å². The van der Waals surface area contributed by atoms with Crippen molar-refractivity contribution in [3.63, 3.8) is 0 Å². The van der Waals surface area contributed by atoms with Crippen molar-refractivity contribution >= 4 is 19.7 Å². The highest BCUT2D eigenvalue weighted by Crippen LogP contribution is 2.22. The van der Waals surface area contributed by atoms with Crippen molar-refractivity contribution in [1.82, 2.24) is 0 Å². The smallest absolute Gasteiger partial charge is 0.235 e. The molecular formula is C8H6ClF3O2S. The minimum Gasteiger partial charge on any atom is -0.241 e. The third-order valence-corrected chi connectivity index (χ3v) is 2.72. The Morgan fingerprint density at radius 3 is 2.33 bits per heavy atom. The Balaban J connectivity index is 2.92. The summed E-state index contributed by atoms with van der Waals surface area (Å²) in [7, 11) is 0.800. The zero-order valence-corrected chi connectivity index (χ0v) is 8.83. The zero-order valence-electron chi connectivity index (χ0n) is 7.25. The summed E-state index contributed by atoms with van der Waals surface area (Å²) in [6, 6.07) is 2.28. The summed E-state index contributed by atoms with van der Waals surface area (Å²) in [6.45, 7) is 0. The van der Waals surface area contributed by atoms with E-state index >= 15 is 0 Å². The lowest BCUT2D eigenvalue weighted by atomic mass is 10.1. The van der Waals surface area contributed by atoms with Crippen LogP contribution in [0.15, 0.2) is 18.2 Å². The molecule has 0 radical (unpaired) electrons. The van der Waals surface area contributed by atoms with E-state index in [-0.39, 0.29) is 5.56 Å². The van der Waals surface area contributed by atoms with Crippen LogP contribution in [0.1, 0.15) is 11.7 Å². The van der Waals surface area contributed by atoms with Gasteiger partial charge < -0.3 is 0 Å². The highest BCUT2D eigenvalue weighted by molar-refractivity contribution is 8.13. The topological polar surface area (TPSA) is 34.1 Å². The Kier molecular flexibility index (Phi) is 3.62. The van der Waals surface area contributed by atoms with E-state index in [1.165, 1.54) is 0 Å². The predicted octanol–water partition coefficient (Wildman–Crippen LogP) is 2.54. The molecule has 0 N–H and O–H groups in total. The first-order valence-electron chi connectivity index (χ1n) is 3.81. The van der Waals surface area contributed by atoms with Gasteiger partial charge in [0.2, 0.25) is 9.05 Å². The molecular weight excluding hydrogens is 253 g/mol. The number of hydrogen-bond acceptors (Lipinski definition) is 2. The summed E-state index contributed by atoms with van der Waals surface area (Å²) in [4.78, 5) is 0. The molecule has 0 saturated carbocycles. The molecule has 0 saturated heterocycles. The summed E-state index contributed by atoms with van der Waals surface area (Å²) in [5.74, 6) is -3.33. The number of hydrogen-bond donors (Lipinski definition) is 0. The van der Waals surface area contributed by atoms with E-state index in [1.807, 2.05) is 0 Å². The first-order chi connectivity index (χ1) is 6.79. The van der Waals surface area contributed by atoms with Crippen molar-refractivity contribution < 1.29 is 21.6 Å². The van der Waals surface area contributed by atoms with Crippen molar-refractivity contribution in [2.24, 2.45) is 0 Å². The normalized spacial score (nSPS) is 13.9. The third kappa shape index (κ3) is 3.71. The van der Waals surface area contributed by atoms with Gasteiger partial charge in [0.05, 0.1) is 0 Å². The molecule has 1 unspecified atom stereocenters. The number of alkyl halides is 1. The van der Waals surface area contributed by atoms with Gasteiger partial charge in [0.1, 0.15) is 11.9 Å². The molecule has 0 fully saturated rings. The van der Waals surface area contributed by atoms with Crippen LogP contribution in [0.4, 0.5) is 13.2 Å². The summed E-state index contributed by atoms with van der Waals surface area (Å²) >= 11 is 0. The van der Waals surface area contributed by atoms with E-state index < -0.39 is 32.6 Å². The molecule has 0 aromatic heterocycles. The Labute approximate surface area is 89.1 Å². The van der Waals surface area contributed by atoms with Crippen molar-refractivity contribution in [3.8, 4) is 0 Å². The lowest BCUT2D eigenvalue weighted by molar-refractivity contribution is 0.372. The van der Waals surface area contributed by atoms with E-state index in [0.717, 1.165) is 12.1 Å². The molecule has 1 aromatic carbocycles. The summed E-state index contributed by atoms with van der Waals surface area (Å²) in [6.07, 6.45) is -1.97. The van der Waals surface area contributed by atoms with Crippen molar-refractivity contribution in [2.75, 3.05) is 5.75 Å². The van der Waals surface area contributed by atoms with Gasteiger partial charge in [-0.25, -0.2) is 21.6 Å². The van der Waals surface area contributed by atoms with E-state index in [4.69, 9.17) is 10.7 Å². The van der Waals surface area contributed by atoms with Crippen LogP contribution in [0.5, 0.6) is 0 Å². The maximum absolute atomic E-state index is 13.2. The second-order valence-corrected chi connectivity index (χ2v) is 5.67. The van der Waals surface area contributed by atoms with Gasteiger partial charge in [-0.15, -0.1) is 0 Å². The molecule has 2 nitrogen and oxygen atoms in total. The van der Waals surface area contributed by atoms with Gasteiger partial charge in [-0.2, -0.15) is 0 Å². The molecule has 15 heavy (non-hydrogen) atoms. The van der Waals surface area contributed by atoms with E-state index in [9.17, 15) is 21.6 Å². The van der Waals surface area contributed by atoms with Gasteiger partial charge in [-0.05, 0) is 17.7 Å². The maximum Gasteiger partial charge on any atom is 0.235 e. The second-order valence-electron chi connectivity index (χ2n) is 2.85. The molecule has 0 aliphatic rings. The van der Waals surface area contributed by atoms with Crippen LogP contribution in [0.25, 0.3) is 0 Å². The first kappa shape index (κ1) is 12.3. The molecule has 0 bridgehead atoms. The lowest BCUT2D eigenvalue weighted by Crippen LogP contribution is -2.06. The summed E-state index contributed by atoms with van der Waals surface area (Å²) in [5.41, 5.74) is -0.266. The molecule has 0 aliphatic heterocycles. The van der Waals surface area contributed by atoms with Crippen LogP contribution in [0.3, 0.4) is 0 Å². The summed E-state index contributed by atoms with van der Waals surface area (Å²) < 4.78 is 59.3.